The number of carbonyl (C=O) groups is 2. The molecule has 0 spiro atoms. The van der Waals surface area contributed by atoms with Crippen molar-refractivity contribution in [1.29, 1.82) is 0 Å². The van der Waals surface area contributed by atoms with Crippen LogP contribution in [0.5, 0.6) is 0 Å². The van der Waals surface area contributed by atoms with Gasteiger partial charge < -0.3 is 15.4 Å². The van der Waals surface area contributed by atoms with E-state index in [1.807, 2.05) is 30.3 Å². The van der Waals surface area contributed by atoms with Crippen LogP contribution < -0.4 is 11.3 Å². The molecule has 7 rings (SSSR count). The average molecular weight is 513 g/mol. The Hall–Kier alpha value is -4.13. The number of ketones is 2. The fourth-order valence-corrected chi connectivity index (χ4v) is 4.62. The number of hydrazine groups is 1. The summed E-state index contributed by atoms with van der Waals surface area (Å²) < 4.78 is 0. The number of para-hydroxylation sites is 3. The number of hydrogen-bond acceptors (Lipinski definition) is 4. The van der Waals surface area contributed by atoms with E-state index in [-0.39, 0.29) is 24.0 Å². The van der Waals surface area contributed by atoms with Crippen molar-refractivity contribution in [1.82, 2.24) is 9.97 Å². The number of halogens is 1. The Morgan fingerprint density at radius 3 is 1.41 bits per heavy atom. The minimum absolute atomic E-state index is 0. The summed E-state index contributed by atoms with van der Waals surface area (Å²) in [5.74, 6) is 4.76. The molecule has 0 saturated heterocycles. The van der Waals surface area contributed by atoms with Crippen LogP contribution in [0.1, 0.15) is 25.7 Å². The molecule has 2 aromatic heterocycles. The SMILES string of the molecule is Cl.NNc1ccccc1.O=C1CCCCC1=O.c1ccc2c(c1)[nH]c1c2ccc2c3ccccc3[nH]c21. The Morgan fingerprint density at radius 1 is 0.568 bits per heavy atom. The van der Waals surface area contributed by atoms with Crippen molar-refractivity contribution >= 4 is 73.3 Å². The molecule has 7 heteroatoms. The number of carbonyl (C=O) groups excluding carboxylic acids is 2. The van der Waals surface area contributed by atoms with Crippen LogP contribution in [0.4, 0.5) is 5.69 Å². The Bertz CT molecular complexity index is 1570. The van der Waals surface area contributed by atoms with Gasteiger partial charge in [-0.1, -0.05) is 66.7 Å². The first-order valence-corrected chi connectivity index (χ1v) is 12.1. The van der Waals surface area contributed by atoms with Crippen molar-refractivity contribution in [3.8, 4) is 0 Å². The molecule has 6 aromatic rings. The highest BCUT2D eigenvalue weighted by Gasteiger charge is 2.17. The van der Waals surface area contributed by atoms with E-state index < -0.39 is 0 Å². The summed E-state index contributed by atoms with van der Waals surface area (Å²) >= 11 is 0. The molecule has 1 fully saturated rings. The van der Waals surface area contributed by atoms with Gasteiger partial charge in [0.25, 0.3) is 0 Å². The van der Waals surface area contributed by atoms with Crippen LogP contribution in [0.3, 0.4) is 0 Å². The summed E-state index contributed by atoms with van der Waals surface area (Å²) in [7, 11) is 0. The van der Waals surface area contributed by atoms with Gasteiger partial charge in [0.15, 0.2) is 11.6 Å². The zero-order chi connectivity index (χ0) is 24.9. The number of anilines is 1. The van der Waals surface area contributed by atoms with E-state index in [0.29, 0.717) is 12.8 Å². The first-order valence-electron chi connectivity index (χ1n) is 12.1. The van der Waals surface area contributed by atoms with E-state index in [9.17, 15) is 9.59 Å². The number of aromatic amines is 2. The monoisotopic (exact) mass is 512 g/mol. The fourth-order valence-electron chi connectivity index (χ4n) is 4.62. The number of benzene rings is 4. The second-order valence-corrected chi connectivity index (χ2v) is 8.82. The normalized spacial score (nSPS) is 13.0. The summed E-state index contributed by atoms with van der Waals surface area (Å²) in [4.78, 5) is 28.0. The summed E-state index contributed by atoms with van der Waals surface area (Å²) in [6, 6.07) is 31.0. The predicted octanol–water partition coefficient (Wildman–Crippen LogP) is 7.05. The van der Waals surface area contributed by atoms with E-state index in [2.05, 4.69) is 76.1 Å². The lowest BCUT2D eigenvalue weighted by atomic mass is 9.98. The predicted molar refractivity (Wildman–Crippen MR) is 155 cm³/mol. The van der Waals surface area contributed by atoms with Gasteiger partial charge in [0, 0.05) is 51.1 Å². The molecular formula is C30H29ClN4O2. The summed E-state index contributed by atoms with van der Waals surface area (Å²) in [6.45, 7) is 0. The van der Waals surface area contributed by atoms with E-state index in [0.717, 1.165) is 18.5 Å². The standard InChI is InChI=1S/C18H12N2.C6H8N2.C6H8O2.ClH/c1-3-7-15-11(5-1)13-9-10-14-12-6-2-4-8-16(12)20-18(14)17(13)19-15;7-8-6-4-2-1-3-5-6;7-5-3-1-2-4-6(5)8;/h1-10,19-20H;1-5,8H,7H2;1-4H2;1H. The van der Waals surface area contributed by atoms with Crippen LogP contribution in [0.15, 0.2) is 91.0 Å². The van der Waals surface area contributed by atoms with Gasteiger partial charge >= 0.3 is 0 Å². The molecule has 1 aliphatic rings. The molecule has 4 aromatic carbocycles. The topological polar surface area (TPSA) is 104 Å². The summed E-state index contributed by atoms with van der Waals surface area (Å²) in [5, 5.41) is 5.12. The van der Waals surface area contributed by atoms with Crippen LogP contribution in [0.2, 0.25) is 0 Å². The number of nitrogens with one attached hydrogen (secondary N) is 3. The maximum atomic E-state index is 10.4. The van der Waals surface area contributed by atoms with Crippen molar-refractivity contribution in [2.24, 2.45) is 5.84 Å². The van der Waals surface area contributed by atoms with Gasteiger partial charge in [0.05, 0.1) is 11.0 Å². The van der Waals surface area contributed by atoms with Crippen LogP contribution in [-0.4, -0.2) is 21.5 Å². The Balaban J connectivity index is 0.000000157. The van der Waals surface area contributed by atoms with Crippen LogP contribution in [0.25, 0.3) is 43.6 Å². The van der Waals surface area contributed by atoms with Crippen LogP contribution in [0, 0.1) is 0 Å². The molecule has 2 heterocycles. The smallest absolute Gasteiger partial charge is 0.198 e. The lowest BCUT2D eigenvalue weighted by Crippen LogP contribution is -2.17. The van der Waals surface area contributed by atoms with Gasteiger partial charge in [0.1, 0.15) is 0 Å². The lowest BCUT2D eigenvalue weighted by molar-refractivity contribution is -0.137. The van der Waals surface area contributed by atoms with Gasteiger partial charge in [-0.2, -0.15) is 0 Å². The maximum absolute atomic E-state index is 10.4. The zero-order valence-corrected chi connectivity index (χ0v) is 21.1. The van der Waals surface area contributed by atoms with Crippen molar-refractivity contribution < 1.29 is 9.59 Å². The number of rotatable bonds is 1. The number of Topliss-reactive ketones (excluding diaryl/α,β-unsaturated/α-hetero) is 2. The van der Waals surface area contributed by atoms with Crippen molar-refractivity contribution in [2.75, 3.05) is 5.43 Å². The van der Waals surface area contributed by atoms with Gasteiger partial charge in [0.2, 0.25) is 0 Å². The molecular weight excluding hydrogens is 484 g/mol. The van der Waals surface area contributed by atoms with Crippen molar-refractivity contribution in [2.45, 2.75) is 25.7 Å². The molecule has 0 aliphatic heterocycles. The number of hydrogen-bond donors (Lipinski definition) is 4. The first-order chi connectivity index (χ1) is 17.7. The molecule has 0 unspecified atom stereocenters. The summed E-state index contributed by atoms with van der Waals surface area (Å²) in [6.07, 6.45) is 2.78. The number of aromatic nitrogens is 2. The number of nitrogens with two attached hydrogens (primary N) is 1. The van der Waals surface area contributed by atoms with Gasteiger partial charge in [-0.3, -0.25) is 15.4 Å². The second-order valence-electron chi connectivity index (χ2n) is 8.82. The van der Waals surface area contributed by atoms with E-state index in [1.165, 1.54) is 43.6 Å². The van der Waals surface area contributed by atoms with E-state index >= 15 is 0 Å². The zero-order valence-electron chi connectivity index (χ0n) is 20.3. The molecule has 5 N–H and O–H groups in total. The quantitative estimate of drug-likeness (QED) is 0.108. The summed E-state index contributed by atoms with van der Waals surface area (Å²) in [5.41, 5.74) is 8.23. The van der Waals surface area contributed by atoms with Crippen molar-refractivity contribution in [3.63, 3.8) is 0 Å². The maximum Gasteiger partial charge on any atom is 0.198 e. The molecule has 0 atom stereocenters. The molecule has 188 valence electrons. The highest BCUT2D eigenvalue weighted by molar-refractivity contribution is 6.37. The van der Waals surface area contributed by atoms with Gasteiger partial charge in [-0.15, -0.1) is 12.4 Å². The molecule has 0 bridgehead atoms. The fraction of sp³-hybridized carbons (Fsp3) is 0.133. The van der Waals surface area contributed by atoms with Crippen LogP contribution >= 0.6 is 12.4 Å². The third-order valence-electron chi connectivity index (χ3n) is 6.47. The third kappa shape index (κ3) is 5.50. The number of H-pyrrole nitrogens is 2. The van der Waals surface area contributed by atoms with E-state index in [1.54, 1.807) is 0 Å². The largest absolute Gasteiger partial charge is 0.353 e. The minimum atomic E-state index is -0.170. The number of nitrogen functional groups attached to an aromatic ring is 1. The highest BCUT2D eigenvalue weighted by atomic mass is 35.5. The Morgan fingerprint density at radius 2 is 1.00 bits per heavy atom. The second kappa shape index (κ2) is 11.7. The molecule has 1 saturated carbocycles. The molecule has 6 nitrogen and oxygen atoms in total. The van der Waals surface area contributed by atoms with Gasteiger partial charge in [-0.05, 0) is 37.1 Å². The lowest BCUT2D eigenvalue weighted by Gasteiger charge is -2.04. The third-order valence-corrected chi connectivity index (χ3v) is 6.47. The Kier molecular flexibility index (Phi) is 8.23. The molecule has 0 radical (unpaired) electrons. The molecule has 1 aliphatic carbocycles. The molecule has 0 amide bonds. The van der Waals surface area contributed by atoms with Crippen molar-refractivity contribution in [3.05, 3.63) is 91.0 Å². The average Bonchev–Trinajstić information content (AvgIpc) is 3.50. The Labute approximate surface area is 220 Å². The molecule has 37 heavy (non-hydrogen) atoms. The van der Waals surface area contributed by atoms with E-state index in [4.69, 9.17) is 5.84 Å². The number of fused-ring (bicyclic) bond motifs is 7. The highest BCUT2D eigenvalue weighted by Crippen LogP contribution is 2.34. The first kappa shape index (κ1) is 25.9. The van der Waals surface area contributed by atoms with Crippen LogP contribution in [-0.2, 0) is 9.59 Å². The minimum Gasteiger partial charge on any atom is -0.353 e. The van der Waals surface area contributed by atoms with Gasteiger partial charge in [-0.25, -0.2) is 0 Å².